The zero-order valence-electron chi connectivity index (χ0n) is 12.9. The van der Waals surface area contributed by atoms with Gasteiger partial charge in [0.2, 0.25) is 0 Å². The lowest BCUT2D eigenvalue weighted by molar-refractivity contribution is 0.240. The van der Waals surface area contributed by atoms with Gasteiger partial charge in [0.05, 0.1) is 0 Å². The van der Waals surface area contributed by atoms with Crippen LogP contribution in [0, 0.1) is 5.92 Å². The molecule has 1 atom stereocenters. The molecule has 2 rings (SSSR count). The molecule has 3 N–H and O–H groups in total. The third kappa shape index (κ3) is 4.42. The van der Waals surface area contributed by atoms with E-state index in [-0.39, 0.29) is 12.5 Å². The van der Waals surface area contributed by atoms with Crippen LogP contribution >= 0.6 is 0 Å². The molecule has 0 aromatic carbocycles. The first-order chi connectivity index (χ1) is 10.2. The average Bonchev–Trinajstić information content (AvgIpc) is 3.05. The summed E-state index contributed by atoms with van der Waals surface area (Å²) in [5.74, 6) is 2.60. The summed E-state index contributed by atoms with van der Waals surface area (Å²) in [6.07, 6.45) is 3.67. The maximum absolute atomic E-state index is 9.11. The van der Waals surface area contributed by atoms with E-state index in [1.165, 1.54) is 0 Å². The van der Waals surface area contributed by atoms with Gasteiger partial charge in [0, 0.05) is 38.7 Å². The molecule has 0 amide bonds. The van der Waals surface area contributed by atoms with E-state index in [1.54, 1.807) is 6.33 Å². The van der Waals surface area contributed by atoms with Crippen molar-refractivity contribution in [2.75, 3.05) is 32.8 Å². The summed E-state index contributed by atoms with van der Waals surface area (Å²) < 4.78 is 0. The topological polar surface area (TPSA) is 89.4 Å². The Bertz CT molecular complexity index is 425. The average molecular weight is 294 g/mol. The molecule has 0 saturated carbocycles. The van der Waals surface area contributed by atoms with Crippen molar-refractivity contribution in [3.63, 3.8) is 0 Å². The minimum absolute atomic E-state index is 0.177. The number of hydrogen-bond acceptors (Lipinski definition) is 4. The highest BCUT2D eigenvalue weighted by atomic mass is 16.3. The highest BCUT2D eigenvalue weighted by Crippen LogP contribution is 2.24. The van der Waals surface area contributed by atoms with E-state index >= 15 is 0 Å². The standard InChI is InChI=1S/C14H26N6O/c1-3-15-14(16-8-11(2)9-21)20-6-4-12(5-7-20)13-17-10-18-19-13/h10-12,21H,3-9H2,1-2H3,(H,15,16)(H,17,18,19). The van der Waals surface area contributed by atoms with Crippen molar-refractivity contribution in [1.29, 1.82) is 0 Å². The number of aromatic nitrogens is 3. The quantitative estimate of drug-likeness (QED) is 0.546. The van der Waals surface area contributed by atoms with E-state index in [0.717, 1.165) is 44.3 Å². The van der Waals surface area contributed by atoms with Crippen LogP contribution in [-0.2, 0) is 0 Å². The Morgan fingerprint density at radius 3 is 2.90 bits per heavy atom. The maximum atomic E-state index is 9.11. The Labute approximate surface area is 125 Å². The number of aliphatic hydroxyl groups is 1. The largest absolute Gasteiger partial charge is 0.396 e. The van der Waals surface area contributed by atoms with E-state index in [4.69, 9.17) is 5.11 Å². The number of nitrogens with one attached hydrogen (secondary N) is 2. The molecule has 0 radical (unpaired) electrons. The molecular formula is C14H26N6O. The van der Waals surface area contributed by atoms with Gasteiger partial charge in [0.15, 0.2) is 5.96 Å². The van der Waals surface area contributed by atoms with Crippen LogP contribution in [0.2, 0.25) is 0 Å². The molecule has 1 fully saturated rings. The number of H-pyrrole nitrogens is 1. The van der Waals surface area contributed by atoms with Crippen LogP contribution in [0.4, 0.5) is 0 Å². The fourth-order valence-corrected chi connectivity index (χ4v) is 2.50. The van der Waals surface area contributed by atoms with Crippen LogP contribution in [0.15, 0.2) is 11.3 Å². The van der Waals surface area contributed by atoms with Gasteiger partial charge in [-0.2, -0.15) is 5.10 Å². The predicted molar refractivity (Wildman–Crippen MR) is 82.2 cm³/mol. The minimum Gasteiger partial charge on any atom is -0.396 e. The summed E-state index contributed by atoms with van der Waals surface area (Å²) in [6.45, 7) is 7.69. The van der Waals surface area contributed by atoms with Crippen LogP contribution < -0.4 is 5.32 Å². The summed E-state index contributed by atoms with van der Waals surface area (Å²) >= 11 is 0. The fourth-order valence-electron chi connectivity index (χ4n) is 2.50. The second kappa shape index (κ2) is 7.97. The van der Waals surface area contributed by atoms with Crippen molar-refractivity contribution in [1.82, 2.24) is 25.4 Å². The molecule has 2 heterocycles. The van der Waals surface area contributed by atoms with Gasteiger partial charge in [-0.3, -0.25) is 10.1 Å². The minimum atomic E-state index is 0.177. The SMILES string of the molecule is CCNC(=NCC(C)CO)N1CCC(c2ncn[nH]2)CC1. The number of aliphatic hydroxyl groups excluding tert-OH is 1. The van der Waals surface area contributed by atoms with Gasteiger partial charge in [-0.1, -0.05) is 6.92 Å². The first kappa shape index (κ1) is 15.8. The van der Waals surface area contributed by atoms with Crippen LogP contribution in [0.1, 0.15) is 38.4 Å². The normalized spacial score (nSPS) is 18.8. The number of aromatic amines is 1. The van der Waals surface area contributed by atoms with Gasteiger partial charge in [-0.05, 0) is 25.7 Å². The number of aliphatic imine (C=N–C) groups is 1. The van der Waals surface area contributed by atoms with Gasteiger partial charge in [0.1, 0.15) is 12.2 Å². The number of likely N-dealkylation sites (tertiary alicyclic amines) is 1. The van der Waals surface area contributed by atoms with Crippen molar-refractivity contribution in [3.05, 3.63) is 12.2 Å². The lowest BCUT2D eigenvalue weighted by Gasteiger charge is -2.33. The van der Waals surface area contributed by atoms with Crippen molar-refractivity contribution in [2.45, 2.75) is 32.6 Å². The summed E-state index contributed by atoms with van der Waals surface area (Å²) in [7, 11) is 0. The van der Waals surface area contributed by atoms with E-state index in [9.17, 15) is 0 Å². The van der Waals surface area contributed by atoms with Gasteiger partial charge >= 0.3 is 0 Å². The second-order valence-electron chi connectivity index (χ2n) is 5.61. The molecule has 1 saturated heterocycles. The van der Waals surface area contributed by atoms with Crippen molar-refractivity contribution >= 4 is 5.96 Å². The number of guanidine groups is 1. The van der Waals surface area contributed by atoms with Crippen LogP contribution in [-0.4, -0.2) is 63.9 Å². The smallest absolute Gasteiger partial charge is 0.193 e. The van der Waals surface area contributed by atoms with Crippen molar-refractivity contribution < 1.29 is 5.11 Å². The molecule has 21 heavy (non-hydrogen) atoms. The third-order valence-electron chi connectivity index (χ3n) is 3.81. The first-order valence-electron chi connectivity index (χ1n) is 7.74. The van der Waals surface area contributed by atoms with Crippen molar-refractivity contribution in [3.8, 4) is 0 Å². The molecule has 7 heteroatoms. The fraction of sp³-hybridized carbons (Fsp3) is 0.786. The molecular weight excluding hydrogens is 268 g/mol. The van der Waals surface area contributed by atoms with Crippen LogP contribution in [0.25, 0.3) is 0 Å². The Morgan fingerprint density at radius 2 is 2.33 bits per heavy atom. The van der Waals surface area contributed by atoms with E-state index < -0.39 is 0 Å². The van der Waals surface area contributed by atoms with E-state index in [0.29, 0.717) is 12.5 Å². The first-order valence-corrected chi connectivity index (χ1v) is 7.74. The molecule has 7 nitrogen and oxygen atoms in total. The monoisotopic (exact) mass is 294 g/mol. The highest BCUT2D eigenvalue weighted by Gasteiger charge is 2.24. The van der Waals surface area contributed by atoms with Gasteiger partial charge in [0.25, 0.3) is 0 Å². The second-order valence-corrected chi connectivity index (χ2v) is 5.61. The molecule has 1 aromatic heterocycles. The van der Waals surface area contributed by atoms with Gasteiger partial charge in [-0.15, -0.1) is 0 Å². The third-order valence-corrected chi connectivity index (χ3v) is 3.81. The highest BCUT2D eigenvalue weighted by molar-refractivity contribution is 5.80. The van der Waals surface area contributed by atoms with Gasteiger partial charge < -0.3 is 15.3 Å². The molecule has 118 valence electrons. The zero-order valence-corrected chi connectivity index (χ0v) is 12.9. The zero-order chi connectivity index (χ0) is 15.1. The van der Waals surface area contributed by atoms with E-state index in [2.05, 4.69) is 37.3 Å². The van der Waals surface area contributed by atoms with Gasteiger partial charge in [-0.25, -0.2) is 4.98 Å². The lowest BCUT2D eigenvalue weighted by atomic mass is 9.96. The maximum Gasteiger partial charge on any atom is 0.193 e. The number of piperidine rings is 1. The molecule has 1 aliphatic rings. The van der Waals surface area contributed by atoms with Crippen LogP contribution in [0.3, 0.4) is 0 Å². The number of rotatable bonds is 5. The Kier molecular flexibility index (Phi) is 5.98. The Balaban J connectivity index is 1.90. The summed E-state index contributed by atoms with van der Waals surface area (Å²) in [4.78, 5) is 11.2. The molecule has 1 aromatic rings. The van der Waals surface area contributed by atoms with E-state index in [1.807, 2.05) is 6.92 Å². The van der Waals surface area contributed by atoms with Crippen LogP contribution in [0.5, 0.6) is 0 Å². The summed E-state index contributed by atoms with van der Waals surface area (Å²) in [6, 6.07) is 0. The lowest BCUT2D eigenvalue weighted by Crippen LogP contribution is -2.45. The summed E-state index contributed by atoms with van der Waals surface area (Å²) in [5.41, 5.74) is 0. The Morgan fingerprint density at radius 1 is 1.57 bits per heavy atom. The molecule has 1 aliphatic heterocycles. The predicted octanol–water partition coefficient (Wildman–Crippen LogP) is 0.578. The Hall–Kier alpha value is -1.63. The molecule has 0 aliphatic carbocycles. The molecule has 0 spiro atoms. The number of hydrogen-bond donors (Lipinski definition) is 3. The molecule has 0 bridgehead atoms. The van der Waals surface area contributed by atoms with Crippen molar-refractivity contribution in [2.24, 2.45) is 10.9 Å². The molecule has 1 unspecified atom stereocenters. The summed E-state index contributed by atoms with van der Waals surface area (Å²) in [5, 5.41) is 19.3. The number of nitrogens with zero attached hydrogens (tertiary/aromatic N) is 4.